The van der Waals surface area contributed by atoms with Crippen LogP contribution in [0.1, 0.15) is 18.4 Å². The Kier molecular flexibility index (Phi) is 4.16. The Hall–Kier alpha value is -2.73. The quantitative estimate of drug-likeness (QED) is 0.711. The number of anilines is 1. The standard InChI is InChI=1S/C22H22FN3O2/c1-12-6-9-17(21(27)18(12)23)20-15-4-2-3-5-16(15)22(26-25-20)24-19-13-7-8-14(19)11-28-10-13/h2-6,9,13-14,19,27H,7-8,10-11H2,1H3,(H,24,26). The van der Waals surface area contributed by atoms with Crippen LogP contribution in [0.2, 0.25) is 0 Å². The van der Waals surface area contributed by atoms with Gasteiger partial charge in [0.25, 0.3) is 0 Å². The van der Waals surface area contributed by atoms with E-state index in [4.69, 9.17) is 4.74 Å². The number of phenolic OH excluding ortho intramolecular Hbond substituents is 1. The lowest BCUT2D eigenvalue weighted by Crippen LogP contribution is -2.39. The molecule has 144 valence electrons. The van der Waals surface area contributed by atoms with Crippen molar-refractivity contribution in [2.75, 3.05) is 18.5 Å². The number of nitrogens with zero attached hydrogens (tertiary/aromatic N) is 2. The number of rotatable bonds is 3. The molecule has 5 nitrogen and oxygen atoms in total. The van der Waals surface area contributed by atoms with Gasteiger partial charge < -0.3 is 15.2 Å². The van der Waals surface area contributed by atoms with Gasteiger partial charge in [0.2, 0.25) is 0 Å². The number of hydrogen-bond acceptors (Lipinski definition) is 5. The first-order valence-corrected chi connectivity index (χ1v) is 9.71. The molecule has 3 aromatic rings. The fourth-order valence-electron chi connectivity index (χ4n) is 4.58. The molecule has 1 aliphatic heterocycles. The van der Waals surface area contributed by atoms with Gasteiger partial charge in [-0.15, -0.1) is 10.2 Å². The zero-order chi connectivity index (χ0) is 19.3. The van der Waals surface area contributed by atoms with Gasteiger partial charge in [-0.3, -0.25) is 0 Å². The minimum absolute atomic E-state index is 0.336. The van der Waals surface area contributed by atoms with Crippen LogP contribution in [0, 0.1) is 24.6 Å². The van der Waals surface area contributed by atoms with Gasteiger partial charge in [0.15, 0.2) is 17.4 Å². The van der Waals surface area contributed by atoms with Crippen molar-refractivity contribution in [3.63, 3.8) is 0 Å². The van der Waals surface area contributed by atoms with E-state index >= 15 is 0 Å². The molecule has 2 atom stereocenters. The number of nitrogens with one attached hydrogen (secondary N) is 1. The molecule has 6 heteroatoms. The third kappa shape index (κ3) is 2.71. The molecule has 2 aromatic carbocycles. The largest absolute Gasteiger partial charge is 0.504 e. The Balaban J connectivity index is 1.59. The Morgan fingerprint density at radius 1 is 1.04 bits per heavy atom. The van der Waals surface area contributed by atoms with E-state index in [2.05, 4.69) is 15.5 Å². The Bertz CT molecular complexity index is 1040. The predicted octanol–water partition coefficient (Wildman–Crippen LogP) is 4.29. The van der Waals surface area contributed by atoms with Crippen molar-refractivity contribution in [1.82, 2.24) is 10.2 Å². The summed E-state index contributed by atoms with van der Waals surface area (Å²) in [5, 5.41) is 24.5. The van der Waals surface area contributed by atoms with Crippen molar-refractivity contribution in [3.8, 4) is 17.0 Å². The average Bonchev–Trinajstić information content (AvgIpc) is 2.93. The second kappa shape index (κ2) is 6.71. The van der Waals surface area contributed by atoms with Crippen molar-refractivity contribution < 1.29 is 14.2 Å². The summed E-state index contributed by atoms with van der Waals surface area (Å²) in [6.07, 6.45) is 2.34. The minimum Gasteiger partial charge on any atom is -0.504 e. The Morgan fingerprint density at radius 2 is 1.75 bits per heavy atom. The van der Waals surface area contributed by atoms with E-state index in [9.17, 15) is 9.50 Å². The molecule has 2 fully saturated rings. The van der Waals surface area contributed by atoms with Gasteiger partial charge in [-0.25, -0.2) is 4.39 Å². The summed E-state index contributed by atoms with van der Waals surface area (Å²) in [7, 11) is 0. The summed E-state index contributed by atoms with van der Waals surface area (Å²) >= 11 is 0. The van der Waals surface area contributed by atoms with E-state index in [0.717, 1.165) is 29.8 Å². The number of halogens is 1. The summed E-state index contributed by atoms with van der Waals surface area (Å²) in [4.78, 5) is 0. The topological polar surface area (TPSA) is 67.3 Å². The van der Waals surface area contributed by atoms with Crippen LogP contribution >= 0.6 is 0 Å². The highest BCUT2D eigenvalue weighted by Crippen LogP contribution is 2.40. The van der Waals surface area contributed by atoms with Crippen molar-refractivity contribution in [1.29, 1.82) is 0 Å². The van der Waals surface area contributed by atoms with Crippen LogP contribution in [-0.4, -0.2) is 34.6 Å². The molecule has 1 aliphatic carbocycles. The van der Waals surface area contributed by atoms with Gasteiger partial charge >= 0.3 is 0 Å². The highest BCUT2D eigenvalue weighted by Gasteiger charge is 2.40. The van der Waals surface area contributed by atoms with Crippen molar-refractivity contribution in [2.45, 2.75) is 25.8 Å². The highest BCUT2D eigenvalue weighted by atomic mass is 19.1. The van der Waals surface area contributed by atoms with E-state index in [0.29, 0.717) is 34.7 Å². The van der Waals surface area contributed by atoms with Gasteiger partial charge in [0.05, 0.1) is 13.2 Å². The summed E-state index contributed by atoms with van der Waals surface area (Å²) in [5.74, 6) is 0.714. The zero-order valence-electron chi connectivity index (χ0n) is 15.7. The minimum atomic E-state index is -0.621. The van der Waals surface area contributed by atoms with Gasteiger partial charge in [-0.2, -0.15) is 0 Å². The van der Waals surface area contributed by atoms with Crippen LogP contribution in [0.15, 0.2) is 36.4 Å². The monoisotopic (exact) mass is 379 g/mol. The number of ether oxygens (including phenoxy) is 1. The first kappa shape index (κ1) is 17.4. The third-order valence-corrected chi connectivity index (χ3v) is 6.14. The number of aryl methyl sites for hydroxylation is 1. The summed E-state index contributed by atoms with van der Waals surface area (Å²) in [6.45, 7) is 3.19. The SMILES string of the molecule is Cc1ccc(-c2nnc(NC3C4CCC3COC4)c3ccccc23)c(O)c1F. The van der Waals surface area contributed by atoms with Crippen molar-refractivity contribution in [3.05, 3.63) is 47.8 Å². The number of benzene rings is 2. The second-order valence-electron chi connectivity index (χ2n) is 7.84. The molecule has 0 amide bonds. The summed E-state index contributed by atoms with van der Waals surface area (Å²) in [5.41, 5.74) is 1.23. The maximum atomic E-state index is 14.2. The predicted molar refractivity (Wildman–Crippen MR) is 106 cm³/mol. The van der Waals surface area contributed by atoms with Crippen LogP contribution in [0.3, 0.4) is 0 Å². The lowest BCUT2D eigenvalue weighted by atomic mass is 9.96. The van der Waals surface area contributed by atoms with Crippen molar-refractivity contribution >= 4 is 16.6 Å². The molecule has 28 heavy (non-hydrogen) atoms. The molecule has 5 rings (SSSR count). The molecule has 1 saturated heterocycles. The lowest BCUT2D eigenvalue weighted by Gasteiger charge is -2.31. The normalized spacial score (nSPS) is 23.9. The fourth-order valence-corrected chi connectivity index (χ4v) is 4.58. The number of hydrogen-bond donors (Lipinski definition) is 2. The van der Waals surface area contributed by atoms with Crippen LogP contribution in [0.5, 0.6) is 5.75 Å². The number of aromatic nitrogens is 2. The number of fused-ring (bicyclic) bond motifs is 3. The summed E-state index contributed by atoms with van der Waals surface area (Å²) in [6, 6.07) is 11.5. The van der Waals surface area contributed by atoms with E-state index in [1.54, 1.807) is 19.1 Å². The third-order valence-electron chi connectivity index (χ3n) is 6.14. The van der Waals surface area contributed by atoms with Crippen LogP contribution in [0.4, 0.5) is 10.2 Å². The van der Waals surface area contributed by atoms with E-state index in [-0.39, 0.29) is 5.75 Å². The molecule has 1 aromatic heterocycles. The van der Waals surface area contributed by atoms with Gasteiger partial charge in [0, 0.05) is 34.2 Å². The smallest absolute Gasteiger partial charge is 0.168 e. The molecular formula is C22H22FN3O2. The average molecular weight is 379 g/mol. The van der Waals surface area contributed by atoms with E-state index in [1.807, 2.05) is 24.3 Å². The highest BCUT2D eigenvalue weighted by molar-refractivity contribution is 6.01. The summed E-state index contributed by atoms with van der Waals surface area (Å²) < 4.78 is 19.9. The molecule has 2 bridgehead atoms. The molecule has 2 unspecified atom stereocenters. The fraction of sp³-hybridized carbons (Fsp3) is 0.364. The maximum absolute atomic E-state index is 14.2. The Morgan fingerprint density at radius 3 is 2.50 bits per heavy atom. The van der Waals surface area contributed by atoms with E-state index < -0.39 is 5.82 Å². The molecule has 1 saturated carbocycles. The van der Waals surface area contributed by atoms with Gasteiger partial charge in [0.1, 0.15) is 5.69 Å². The van der Waals surface area contributed by atoms with Crippen molar-refractivity contribution in [2.24, 2.45) is 11.8 Å². The lowest BCUT2D eigenvalue weighted by molar-refractivity contribution is 0.0392. The Labute approximate surface area is 162 Å². The number of aromatic hydroxyl groups is 1. The molecular weight excluding hydrogens is 357 g/mol. The molecule has 2 N–H and O–H groups in total. The molecule has 0 spiro atoms. The molecule has 2 aliphatic rings. The first-order valence-electron chi connectivity index (χ1n) is 9.71. The second-order valence-corrected chi connectivity index (χ2v) is 7.84. The van der Waals surface area contributed by atoms with Crippen LogP contribution in [0.25, 0.3) is 22.0 Å². The van der Waals surface area contributed by atoms with Gasteiger partial charge in [-0.05, 0) is 31.4 Å². The van der Waals surface area contributed by atoms with E-state index in [1.165, 1.54) is 12.8 Å². The molecule has 0 radical (unpaired) electrons. The van der Waals surface area contributed by atoms with Gasteiger partial charge in [-0.1, -0.05) is 30.3 Å². The number of phenols is 1. The zero-order valence-corrected chi connectivity index (χ0v) is 15.7. The maximum Gasteiger partial charge on any atom is 0.168 e. The van der Waals surface area contributed by atoms with Crippen LogP contribution < -0.4 is 5.32 Å². The van der Waals surface area contributed by atoms with Crippen LogP contribution in [-0.2, 0) is 4.74 Å². The first-order chi connectivity index (χ1) is 13.6. The molecule has 2 heterocycles.